The number of furan rings is 2. The molecule has 0 amide bonds. The SMILES string of the molecule is CCNC(c1ccc(Br)o1)c1occc1C. The smallest absolute Gasteiger partial charge is 0.169 e. The topological polar surface area (TPSA) is 38.3 Å². The Hall–Kier alpha value is -1.00. The molecule has 4 heteroatoms. The van der Waals surface area contributed by atoms with Crippen molar-refractivity contribution >= 4 is 15.9 Å². The first-order valence-electron chi connectivity index (χ1n) is 5.25. The van der Waals surface area contributed by atoms with E-state index in [0.717, 1.165) is 28.3 Å². The monoisotopic (exact) mass is 283 g/mol. The van der Waals surface area contributed by atoms with Gasteiger partial charge in [0.1, 0.15) is 17.6 Å². The first-order chi connectivity index (χ1) is 7.72. The van der Waals surface area contributed by atoms with Gasteiger partial charge < -0.3 is 14.2 Å². The van der Waals surface area contributed by atoms with Gasteiger partial charge in [0.05, 0.1) is 6.26 Å². The molecule has 2 aromatic rings. The molecule has 1 unspecified atom stereocenters. The van der Waals surface area contributed by atoms with Crippen LogP contribution in [-0.4, -0.2) is 6.54 Å². The Morgan fingerprint density at radius 3 is 2.69 bits per heavy atom. The van der Waals surface area contributed by atoms with E-state index in [1.165, 1.54) is 0 Å². The molecule has 0 aliphatic carbocycles. The van der Waals surface area contributed by atoms with E-state index in [9.17, 15) is 0 Å². The zero-order valence-corrected chi connectivity index (χ0v) is 10.9. The van der Waals surface area contributed by atoms with Crippen molar-refractivity contribution in [1.29, 1.82) is 0 Å². The third-order valence-electron chi connectivity index (χ3n) is 2.45. The predicted molar refractivity (Wildman–Crippen MR) is 65.4 cm³/mol. The molecular formula is C12H14BrNO2. The van der Waals surface area contributed by atoms with Crippen molar-refractivity contribution in [2.75, 3.05) is 6.54 Å². The fourth-order valence-corrected chi connectivity index (χ4v) is 2.01. The molecule has 0 fully saturated rings. The summed E-state index contributed by atoms with van der Waals surface area (Å²) in [7, 11) is 0. The van der Waals surface area contributed by atoms with Crippen LogP contribution in [-0.2, 0) is 0 Å². The van der Waals surface area contributed by atoms with Crippen LogP contribution in [0.1, 0.15) is 30.0 Å². The molecule has 2 rings (SSSR count). The molecule has 2 heterocycles. The van der Waals surface area contributed by atoms with Gasteiger partial charge in [-0.15, -0.1) is 0 Å². The Balaban J connectivity index is 2.34. The highest BCUT2D eigenvalue weighted by molar-refractivity contribution is 9.10. The Morgan fingerprint density at radius 2 is 2.19 bits per heavy atom. The van der Waals surface area contributed by atoms with Gasteiger partial charge in [-0.1, -0.05) is 6.92 Å². The molecule has 0 aromatic carbocycles. The molecule has 86 valence electrons. The number of hydrogen-bond acceptors (Lipinski definition) is 3. The second-order valence-corrected chi connectivity index (χ2v) is 4.38. The van der Waals surface area contributed by atoms with E-state index in [-0.39, 0.29) is 6.04 Å². The summed E-state index contributed by atoms with van der Waals surface area (Å²) in [5.74, 6) is 1.76. The Morgan fingerprint density at radius 1 is 1.38 bits per heavy atom. The van der Waals surface area contributed by atoms with Crippen molar-refractivity contribution in [3.63, 3.8) is 0 Å². The Kier molecular flexibility index (Phi) is 3.51. The Bertz CT molecular complexity index is 461. The molecular weight excluding hydrogens is 270 g/mol. The van der Waals surface area contributed by atoms with Gasteiger partial charge in [-0.05, 0) is 53.2 Å². The molecule has 0 saturated heterocycles. The Labute approximate surface area is 103 Å². The van der Waals surface area contributed by atoms with Crippen LogP contribution in [0, 0.1) is 6.92 Å². The minimum absolute atomic E-state index is 0.0219. The summed E-state index contributed by atoms with van der Waals surface area (Å²) in [5.41, 5.74) is 1.12. The third kappa shape index (κ3) is 2.23. The van der Waals surface area contributed by atoms with E-state index in [0.29, 0.717) is 0 Å². The van der Waals surface area contributed by atoms with Crippen LogP contribution in [0.5, 0.6) is 0 Å². The van der Waals surface area contributed by atoms with Gasteiger partial charge in [0.15, 0.2) is 4.67 Å². The van der Waals surface area contributed by atoms with Gasteiger partial charge in [0, 0.05) is 0 Å². The van der Waals surface area contributed by atoms with Crippen molar-refractivity contribution in [2.45, 2.75) is 19.9 Å². The van der Waals surface area contributed by atoms with E-state index >= 15 is 0 Å². The molecule has 1 N–H and O–H groups in total. The summed E-state index contributed by atoms with van der Waals surface area (Å²) in [6.45, 7) is 4.94. The van der Waals surface area contributed by atoms with Crippen molar-refractivity contribution < 1.29 is 8.83 Å². The molecule has 2 aromatic heterocycles. The first-order valence-corrected chi connectivity index (χ1v) is 6.04. The summed E-state index contributed by atoms with van der Waals surface area (Å²) in [5, 5.41) is 3.35. The van der Waals surface area contributed by atoms with E-state index in [1.54, 1.807) is 6.26 Å². The van der Waals surface area contributed by atoms with Gasteiger partial charge in [0.2, 0.25) is 0 Å². The summed E-state index contributed by atoms with van der Waals surface area (Å²) in [6.07, 6.45) is 1.70. The fourth-order valence-electron chi connectivity index (χ4n) is 1.69. The zero-order chi connectivity index (χ0) is 11.5. The molecule has 0 spiro atoms. The highest BCUT2D eigenvalue weighted by Crippen LogP contribution is 2.28. The number of aryl methyl sites for hydroxylation is 1. The standard InChI is InChI=1S/C12H14BrNO2/c1-3-14-11(9-4-5-10(13)16-9)12-8(2)6-7-15-12/h4-7,11,14H,3H2,1-2H3. The van der Waals surface area contributed by atoms with Gasteiger partial charge in [-0.2, -0.15) is 0 Å². The summed E-state index contributed by atoms with van der Waals surface area (Å²) in [4.78, 5) is 0. The maximum Gasteiger partial charge on any atom is 0.169 e. The lowest BCUT2D eigenvalue weighted by Crippen LogP contribution is -2.21. The van der Waals surface area contributed by atoms with Crippen molar-refractivity contribution in [3.8, 4) is 0 Å². The summed E-state index contributed by atoms with van der Waals surface area (Å²) in [6, 6.07) is 5.76. The lowest BCUT2D eigenvalue weighted by Gasteiger charge is -2.13. The van der Waals surface area contributed by atoms with Crippen LogP contribution >= 0.6 is 15.9 Å². The maximum absolute atomic E-state index is 5.57. The van der Waals surface area contributed by atoms with Crippen LogP contribution in [0.4, 0.5) is 0 Å². The minimum atomic E-state index is -0.0219. The minimum Gasteiger partial charge on any atom is -0.467 e. The number of hydrogen-bond donors (Lipinski definition) is 1. The highest BCUT2D eigenvalue weighted by atomic mass is 79.9. The van der Waals surface area contributed by atoms with Crippen molar-refractivity contribution in [2.24, 2.45) is 0 Å². The van der Waals surface area contributed by atoms with Crippen LogP contribution < -0.4 is 5.32 Å². The molecule has 0 aliphatic heterocycles. The molecule has 3 nitrogen and oxygen atoms in total. The predicted octanol–water partition coefficient (Wildman–Crippen LogP) is 3.64. The largest absolute Gasteiger partial charge is 0.467 e. The van der Waals surface area contributed by atoms with Crippen LogP contribution in [0.25, 0.3) is 0 Å². The number of rotatable bonds is 4. The molecule has 0 aliphatic rings. The summed E-state index contributed by atoms with van der Waals surface area (Å²) >= 11 is 3.31. The molecule has 0 radical (unpaired) electrons. The molecule has 0 saturated carbocycles. The van der Waals surface area contributed by atoms with Gasteiger partial charge in [-0.3, -0.25) is 0 Å². The van der Waals surface area contributed by atoms with Crippen molar-refractivity contribution in [3.05, 3.63) is 46.2 Å². The first kappa shape index (κ1) is 11.5. The zero-order valence-electron chi connectivity index (χ0n) is 9.29. The van der Waals surface area contributed by atoms with E-state index in [2.05, 4.69) is 28.2 Å². The lowest BCUT2D eigenvalue weighted by atomic mass is 10.1. The van der Waals surface area contributed by atoms with Crippen LogP contribution in [0.3, 0.4) is 0 Å². The quantitative estimate of drug-likeness (QED) is 0.931. The molecule has 1 atom stereocenters. The maximum atomic E-state index is 5.57. The normalized spacial score (nSPS) is 12.9. The average molecular weight is 284 g/mol. The van der Waals surface area contributed by atoms with Gasteiger partial charge in [0.25, 0.3) is 0 Å². The van der Waals surface area contributed by atoms with E-state index < -0.39 is 0 Å². The number of nitrogens with one attached hydrogen (secondary N) is 1. The average Bonchev–Trinajstić information content (AvgIpc) is 2.84. The third-order valence-corrected chi connectivity index (χ3v) is 2.88. The van der Waals surface area contributed by atoms with Crippen molar-refractivity contribution in [1.82, 2.24) is 5.32 Å². The second-order valence-electron chi connectivity index (χ2n) is 3.60. The lowest BCUT2D eigenvalue weighted by molar-refractivity contribution is 0.384. The molecule has 0 bridgehead atoms. The van der Waals surface area contributed by atoms with Gasteiger partial charge in [-0.25, -0.2) is 0 Å². The van der Waals surface area contributed by atoms with E-state index in [4.69, 9.17) is 8.83 Å². The fraction of sp³-hybridized carbons (Fsp3) is 0.333. The molecule has 16 heavy (non-hydrogen) atoms. The van der Waals surface area contributed by atoms with Crippen LogP contribution in [0.15, 0.2) is 38.0 Å². The summed E-state index contributed by atoms with van der Waals surface area (Å²) < 4.78 is 11.8. The highest BCUT2D eigenvalue weighted by Gasteiger charge is 2.21. The number of halogens is 1. The van der Waals surface area contributed by atoms with Crippen LogP contribution in [0.2, 0.25) is 0 Å². The second kappa shape index (κ2) is 4.89. The van der Waals surface area contributed by atoms with E-state index in [1.807, 2.05) is 25.1 Å². The van der Waals surface area contributed by atoms with Gasteiger partial charge >= 0.3 is 0 Å².